The average Bonchev–Trinajstić information content (AvgIpc) is 2.85. The summed E-state index contributed by atoms with van der Waals surface area (Å²) in [4.78, 5) is 4.64. The largest absolute Gasteiger partial charge is 0.416 e. The SMILES string of the molecule is FC(F)(F)c1cc(CCC(c2ccccc2)N2CCN(Cc3ccccc3)CC2)cc(C(F)(F)F)c1. The zero-order chi connectivity index (χ0) is 25.8. The maximum absolute atomic E-state index is 13.3. The van der Waals surface area contributed by atoms with Crippen molar-refractivity contribution in [1.29, 1.82) is 0 Å². The molecular formula is C28H28F6N2. The van der Waals surface area contributed by atoms with Crippen LogP contribution in [-0.4, -0.2) is 36.0 Å². The summed E-state index contributed by atoms with van der Waals surface area (Å²) in [5.74, 6) is 0. The van der Waals surface area contributed by atoms with Gasteiger partial charge in [0.15, 0.2) is 0 Å². The third-order valence-electron chi connectivity index (χ3n) is 6.63. The van der Waals surface area contributed by atoms with E-state index in [9.17, 15) is 26.3 Å². The maximum Gasteiger partial charge on any atom is 0.416 e. The molecule has 0 spiro atoms. The first-order valence-electron chi connectivity index (χ1n) is 11.9. The fourth-order valence-electron chi connectivity index (χ4n) is 4.78. The number of nitrogens with zero attached hydrogens (tertiary/aromatic N) is 2. The van der Waals surface area contributed by atoms with Crippen LogP contribution in [0.2, 0.25) is 0 Å². The maximum atomic E-state index is 13.3. The lowest BCUT2D eigenvalue weighted by Crippen LogP contribution is -2.47. The fourth-order valence-corrected chi connectivity index (χ4v) is 4.78. The quantitative estimate of drug-likeness (QED) is 0.312. The summed E-state index contributed by atoms with van der Waals surface area (Å²) in [7, 11) is 0. The highest BCUT2D eigenvalue weighted by Crippen LogP contribution is 2.37. The van der Waals surface area contributed by atoms with Crippen molar-refractivity contribution in [3.05, 3.63) is 107 Å². The normalized spacial score (nSPS) is 16.7. The molecule has 3 aromatic carbocycles. The van der Waals surface area contributed by atoms with Crippen molar-refractivity contribution in [1.82, 2.24) is 9.80 Å². The summed E-state index contributed by atoms with van der Waals surface area (Å²) in [5, 5.41) is 0. The average molecular weight is 507 g/mol. The fraction of sp³-hybridized carbons (Fsp3) is 0.357. The predicted octanol–water partition coefficient (Wildman–Crippen LogP) is 7.22. The van der Waals surface area contributed by atoms with Crippen LogP contribution in [0.1, 0.15) is 40.3 Å². The number of aryl methyl sites for hydroxylation is 1. The lowest BCUT2D eigenvalue weighted by Gasteiger charge is -2.39. The highest BCUT2D eigenvalue weighted by Gasteiger charge is 2.37. The van der Waals surface area contributed by atoms with Gasteiger partial charge in [-0.3, -0.25) is 9.80 Å². The van der Waals surface area contributed by atoms with Crippen molar-refractivity contribution < 1.29 is 26.3 Å². The van der Waals surface area contributed by atoms with Crippen LogP contribution in [-0.2, 0) is 25.3 Å². The molecule has 4 rings (SSSR count). The molecule has 1 atom stereocenters. The molecule has 1 aliphatic rings. The minimum Gasteiger partial charge on any atom is -0.297 e. The smallest absolute Gasteiger partial charge is 0.297 e. The van der Waals surface area contributed by atoms with Crippen LogP contribution in [0.25, 0.3) is 0 Å². The second-order valence-corrected chi connectivity index (χ2v) is 9.18. The van der Waals surface area contributed by atoms with Gasteiger partial charge in [-0.05, 0) is 47.7 Å². The summed E-state index contributed by atoms with van der Waals surface area (Å²) in [5.41, 5.74) is -0.246. The van der Waals surface area contributed by atoms with E-state index in [0.717, 1.165) is 50.4 Å². The van der Waals surface area contributed by atoms with Gasteiger partial charge in [-0.2, -0.15) is 26.3 Å². The van der Waals surface area contributed by atoms with E-state index >= 15 is 0 Å². The minimum absolute atomic E-state index is 0.0424. The van der Waals surface area contributed by atoms with E-state index in [4.69, 9.17) is 0 Å². The molecule has 0 N–H and O–H groups in total. The number of halogens is 6. The van der Waals surface area contributed by atoms with E-state index < -0.39 is 23.5 Å². The highest BCUT2D eigenvalue weighted by atomic mass is 19.4. The van der Waals surface area contributed by atoms with Gasteiger partial charge in [-0.25, -0.2) is 0 Å². The topological polar surface area (TPSA) is 6.48 Å². The molecule has 192 valence electrons. The number of hydrogen-bond acceptors (Lipinski definition) is 2. The summed E-state index contributed by atoms with van der Waals surface area (Å²) in [6, 6.07) is 21.6. The Bertz CT molecular complexity index is 1070. The highest BCUT2D eigenvalue weighted by molar-refractivity contribution is 5.34. The first-order chi connectivity index (χ1) is 17.1. The van der Waals surface area contributed by atoms with E-state index in [2.05, 4.69) is 21.9 Å². The Morgan fingerprint density at radius 2 is 1.17 bits per heavy atom. The zero-order valence-corrected chi connectivity index (χ0v) is 19.7. The van der Waals surface area contributed by atoms with Crippen LogP contribution >= 0.6 is 0 Å². The van der Waals surface area contributed by atoms with Crippen LogP contribution in [0.3, 0.4) is 0 Å². The van der Waals surface area contributed by atoms with Crippen LogP contribution in [0, 0.1) is 0 Å². The molecular weight excluding hydrogens is 478 g/mol. The van der Waals surface area contributed by atoms with Crippen molar-refractivity contribution in [2.45, 2.75) is 37.8 Å². The van der Waals surface area contributed by atoms with E-state index in [1.54, 1.807) is 0 Å². The van der Waals surface area contributed by atoms with Gasteiger partial charge in [0.05, 0.1) is 11.1 Å². The Morgan fingerprint density at radius 1 is 0.639 bits per heavy atom. The molecule has 8 heteroatoms. The third-order valence-corrected chi connectivity index (χ3v) is 6.63. The molecule has 0 aliphatic carbocycles. The standard InChI is InChI=1S/C28H28F6N2/c29-27(30,31)24-17-22(18-25(19-24)28(32,33)34)11-12-26(23-9-5-2-6-10-23)36-15-13-35(14-16-36)20-21-7-3-1-4-8-21/h1-10,17-19,26H,11-16,20H2. The number of piperazine rings is 1. The number of alkyl halides is 6. The lowest BCUT2D eigenvalue weighted by molar-refractivity contribution is -0.143. The summed E-state index contributed by atoms with van der Waals surface area (Å²) < 4.78 is 79.8. The first kappa shape index (κ1) is 26.2. The van der Waals surface area contributed by atoms with Crippen LogP contribution < -0.4 is 0 Å². The summed E-state index contributed by atoms with van der Waals surface area (Å²) >= 11 is 0. The molecule has 1 heterocycles. The lowest BCUT2D eigenvalue weighted by atomic mass is 9.95. The molecule has 1 unspecified atom stereocenters. The molecule has 1 fully saturated rings. The van der Waals surface area contributed by atoms with Crippen molar-refractivity contribution in [3.63, 3.8) is 0 Å². The van der Waals surface area contributed by atoms with E-state index in [-0.39, 0.29) is 24.1 Å². The Balaban J connectivity index is 1.49. The summed E-state index contributed by atoms with van der Waals surface area (Å²) in [6.45, 7) is 4.04. The molecule has 0 amide bonds. The second-order valence-electron chi connectivity index (χ2n) is 9.18. The Labute approximate surface area is 207 Å². The molecule has 0 saturated carbocycles. The molecule has 0 aromatic heterocycles. The zero-order valence-electron chi connectivity index (χ0n) is 19.7. The van der Waals surface area contributed by atoms with Crippen LogP contribution in [0.15, 0.2) is 78.9 Å². The summed E-state index contributed by atoms with van der Waals surface area (Å²) in [6.07, 6.45) is -9.16. The van der Waals surface area contributed by atoms with Crippen LogP contribution in [0.4, 0.5) is 26.3 Å². The molecule has 2 nitrogen and oxygen atoms in total. The molecule has 0 bridgehead atoms. The van der Waals surface area contributed by atoms with Crippen molar-refractivity contribution >= 4 is 0 Å². The van der Waals surface area contributed by atoms with E-state index in [0.29, 0.717) is 6.42 Å². The van der Waals surface area contributed by atoms with Gasteiger partial charge < -0.3 is 0 Å². The van der Waals surface area contributed by atoms with Gasteiger partial charge in [0, 0.05) is 38.8 Å². The number of benzene rings is 3. The van der Waals surface area contributed by atoms with Crippen molar-refractivity contribution in [2.24, 2.45) is 0 Å². The van der Waals surface area contributed by atoms with Crippen molar-refractivity contribution in [2.75, 3.05) is 26.2 Å². The van der Waals surface area contributed by atoms with E-state index in [1.807, 2.05) is 48.5 Å². The molecule has 3 aromatic rings. The van der Waals surface area contributed by atoms with Gasteiger partial charge in [0.25, 0.3) is 0 Å². The molecule has 36 heavy (non-hydrogen) atoms. The van der Waals surface area contributed by atoms with Crippen LogP contribution in [0.5, 0.6) is 0 Å². The Morgan fingerprint density at radius 3 is 1.69 bits per heavy atom. The molecule has 1 saturated heterocycles. The van der Waals surface area contributed by atoms with E-state index in [1.165, 1.54) is 5.56 Å². The second kappa shape index (κ2) is 11.0. The number of rotatable bonds is 7. The van der Waals surface area contributed by atoms with Gasteiger partial charge in [-0.15, -0.1) is 0 Å². The Hall–Kier alpha value is -2.84. The third kappa shape index (κ3) is 6.89. The van der Waals surface area contributed by atoms with Gasteiger partial charge in [-0.1, -0.05) is 60.7 Å². The monoisotopic (exact) mass is 506 g/mol. The van der Waals surface area contributed by atoms with Gasteiger partial charge in [0.2, 0.25) is 0 Å². The predicted molar refractivity (Wildman–Crippen MR) is 127 cm³/mol. The van der Waals surface area contributed by atoms with Gasteiger partial charge >= 0.3 is 12.4 Å². The van der Waals surface area contributed by atoms with Crippen molar-refractivity contribution in [3.8, 4) is 0 Å². The molecule has 0 radical (unpaired) electrons. The molecule has 1 aliphatic heterocycles. The minimum atomic E-state index is -4.84. The Kier molecular flexibility index (Phi) is 8.05. The van der Waals surface area contributed by atoms with Gasteiger partial charge in [0.1, 0.15) is 0 Å². The first-order valence-corrected chi connectivity index (χ1v) is 11.9. The number of hydrogen-bond donors (Lipinski definition) is 0.